The Labute approximate surface area is 108 Å². The van der Waals surface area contributed by atoms with Crippen LogP contribution in [0.25, 0.3) is 22.6 Å². The normalized spacial score (nSPS) is 10.8. The first-order chi connectivity index (χ1) is 9.15. The molecule has 0 spiro atoms. The average Bonchev–Trinajstić information content (AvgIpc) is 2.82. The van der Waals surface area contributed by atoms with E-state index in [1.54, 1.807) is 18.3 Å². The largest absolute Gasteiger partial charge is 0.478 e. The maximum absolute atomic E-state index is 11.1. The number of pyridine rings is 1. The smallest absolute Gasteiger partial charge is 0.338 e. The summed E-state index contributed by atoms with van der Waals surface area (Å²) in [6, 6.07) is 8.52. The minimum atomic E-state index is -1.02. The number of carboxylic acid groups (broad SMARTS) is 1. The first-order valence-electron chi connectivity index (χ1n) is 5.71. The number of carboxylic acids is 1. The number of nitrogens with zero attached hydrogens (tertiary/aromatic N) is 2. The van der Waals surface area contributed by atoms with Crippen LogP contribution in [0.4, 0.5) is 0 Å². The van der Waals surface area contributed by atoms with E-state index in [-0.39, 0.29) is 5.56 Å². The third-order valence-electron chi connectivity index (χ3n) is 2.81. The summed E-state index contributed by atoms with van der Waals surface area (Å²) >= 11 is 0. The molecule has 3 aromatic rings. The van der Waals surface area contributed by atoms with Crippen LogP contribution in [0.1, 0.15) is 16.1 Å². The predicted molar refractivity (Wildman–Crippen MR) is 68.9 cm³/mol. The number of benzene rings is 1. The predicted octanol–water partition coefficient (Wildman–Crippen LogP) is 2.90. The van der Waals surface area contributed by atoms with Crippen LogP contribution in [0.15, 0.2) is 40.9 Å². The van der Waals surface area contributed by atoms with E-state index < -0.39 is 5.97 Å². The van der Waals surface area contributed by atoms with Crippen molar-refractivity contribution in [1.82, 2.24) is 9.97 Å². The number of aromatic carboxylic acids is 1. The molecule has 2 aromatic heterocycles. The standard InChI is InChI=1S/C14H10N2O3/c1-8-5-6-9(7-15-8)13-16-12-10(14(17)18)3-2-4-11(12)19-13/h2-7H,1H3,(H,17,18). The molecule has 0 fully saturated rings. The molecule has 0 saturated carbocycles. The van der Waals surface area contributed by atoms with Crippen LogP contribution in [-0.4, -0.2) is 21.0 Å². The van der Waals surface area contributed by atoms with E-state index in [0.717, 1.165) is 11.3 Å². The van der Waals surface area contributed by atoms with Crippen molar-refractivity contribution in [3.05, 3.63) is 47.8 Å². The molecular formula is C14H10N2O3. The number of para-hydroxylation sites is 1. The average molecular weight is 254 g/mol. The number of hydrogen-bond donors (Lipinski definition) is 1. The van der Waals surface area contributed by atoms with Crippen molar-refractivity contribution in [2.45, 2.75) is 6.92 Å². The molecule has 0 amide bonds. The van der Waals surface area contributed by atoms with Crippen LogP contribution in [-0.2, 0) is 0 Å². The summed E-state index contributed by atoms with van der Waals surface area (Å²) in [6.45, 7) is 1.89. The van der Waals surface area contributed by atoms with E-state index >= 15 is 0 Å². The number of aromatic nitrogens is 2. The molecule has 0 aliphatic heterocycles. The molecule has 2 heterocycles. The molecule has 5 nitrogen and oxygen atoms in total. The Morgan fingerprint density at radius 3 is 2.79 bits per heavy atom. The van der Waals surface area contributed by atoms with Crippen molar-refractivity contribution in [3.8, 4) is 11.5 Å². The van der Waals surface area contributed by atoms with Gasteiger partial charge in [0.1, 0.15) is 5.52 Å². The molecule has 3 rings (SSSR count). The van der Waals surface area contributed by atoms with Crippen molar-refractivity contribution in [2.75, 3.05) is 0 Å². The summed E-state index contributed by atoms with van der Waals surface area (Å²) in [4.78, 5) is 19.5. The molecule has 0 unspecified atom stereocenters. The number of aryl methyl sites for hydroxylation is 1. The third-order valence-corrected chi connectivity index (χ3v) is 2.81. The zero-order valence-corrected chi connectivity index (χ0v) is 10.1. The van der Waals surface area contributed by atoms with Crippen LogP contribution in [0.5, 0.6) is 0 Å². The molecule has 5 heteroatoms. The Morgan fingerprint density at radius 1 is 1.26 bits per heavy atom. The minimum absolute atomic E-state index is 0.132. The third kappa shape index (κ3) is 1.95. The molecule has 0 saturated heterocycles. The lowest BCUT2D eigenvalue weighted by molar-refractivity contribution is 0.0699. The first kappa shape index (κ1) is 11.4. The van der Waals surface area contributed by atoms with Gasteiger partial charge < -0.3 is 9.52 Å². The SMILES string of the molecule is Cc1ccc(-c2nc3c(C(=O)O)cccc3o2)cn1. The van der Waals surface area contributed by atoms with Gasteiger partial charge in [0.05, 0.1) is 11.1 Å². The Hall–Kier alpha value is -2.69. The van der Waals surface area contributed by atoms with Gasteiger partial charge in [-0.1, -0.05) is 6.07 Å². The molecule has 0 atom stereocenters. The van der Waals surface area contributed by atoms with Gasteiger partial charge in [-0.05, 0) is 31.2 Å². The van der Waals surface area contributed by atoms with Crippen molar-refractivity contribution >= 4 is 17.1 Å². The fraction of sp³-hybridized carbons (Fsp3) is 0.0714. The molecular weight excluding hydrogens is 244 g/mol. The van der Waals surface area contributed by atoms with Crippen LogP contribution >= 0.6 is 0 Å². The molecule has 19 heavy (non-hydrogen) atoms. The topological polar surface area (TPSA) is 76.2 Å². The van der Waals surface area contributed by atoms with Crippen molar-refractivity contribution in [2.24, 2.45) is 0 Å². The van der Waals surface area contributed by atoms with Gasteiger partial charge in [0.2, 0.25) is 5.89 Å². The number of carbonyl (C=O) groups is 1. The van der Waals surface area contributed by atoms with Crippen molar-refractivity contribution in [1.29, 1.82) is 0 Å². The molecule has 0 aliphatic rings. The highest BCUT2D eigenvalue weighted by molar-refractivity contribution is 6.00. The highest BCUT2D eigenvalue weighted by atomic mass is 16.4. The fourth-order valence-corrected chi connectivity index (χ4v) is 1.84. The summed E-state index contributed by atoms with van der Waals surface area (Å²) in [5.41, 5.74) is 2.55. The Morgan fingerprint density at radius 2 is 2.11 bits per heavy atom. The van der Waals surface area contributed by atoms with Gasteiger partial charge in [0.15, 0.2) is 5.58 Å². The summed E-state index contributed by atoms with van der Waals surface area (Å²) in [7, 11) is 0. The second-order valence-electron chi connectivity index (χ2n) is 4.16. The zero-order chi connectivity index (χ0) is 13.4. The van der Waals surface area contributed by atoms with Crippen LogP contribution < -0.4 is 0 Å². The molecule has 0 radical (unpaired) electrons. The summed E-state index contributed by atoms with van der Waals surface area (Å²) in [5.74, 6) is -0.649. The lowest BCUT2D eigenvalue weighted by Gasteiger charge is -1.94. The summed E-state index contributed by atoms with van der Waals surface area (Å²) in [5, 5.41) is 9.11. The molecule has 1 aromatic carbocycles. The van der Waals surface area contributed by atoms with Gasteiger partial charge in [-0.25, -0.2) is 9.78 Å². The molecule has 0 bridgehead atoms. The lowest BCUT2D eigenvalue weighted by atomic mass is 10.2. The minimum Gasteiger partial charge on any atom is -0.478 e. The van der Waals surface area contributed by atoms with Crippen molar-refractivity contribution in [3.63, 3.8) is 0 Å². The quantitative estimate of drug-likeness (QED) is 0.760. The maximum atomic E-state index is 11.1. The van der Waals surface area contributed by atoms with Crippen LogP contribution in [0.3, 0.4) is 0 Å². The molecule has 94 valence electrons. The maximum Gasteiger partial charge on any atom is 0.338 e. The first-order valence-corrected chi connectivity index (χ1v) is 5.71. The summed E-state index contributed by atoms with van der Waals surface area (Å²) in [6.07, 6.45) is 1.65. The van der Waals surface area contributed by atoms with Gasteiger partial charge >= 0.3 is 5.97 Å². The zero-order valence-electron chi connectivity index (χ0n) is 10.1. The van der Waals surface area contributed by atoms with Gasteiger partial charge in [0.25, 0.3) is 0 Å². The highest BCUT2D eigenvalue weighted by Crippen LogP contribution is 2.25. The molecule has 1 N–H and O–H groups in total. The van der Waals surface area contributed by atoms with Crippen LogP contribution in [0.2, 0.25) is 0 Å². The Bertz CT molecular complexity index is 760. The van der Waals surface area contributed by atoms with Crippen molar-refractivity contribution < 1.29 is 14.3 Å². The lowest BCUT2D eigenvalue weighted by Crippen LogP contribution is -1.96. The monoisotopic (exact) mass is 254 g/mol. The number of rotatable bonds is 2. The van der Waals surface area contributed by atoms with Gasteiger partial charge in [-0.15, -0.1) is 0 Å². The number of fused-ring (bicyclic) bond motifs is 1. The van der Waals surface area contributed by atoms with E-state index in [0.29, 0.717) is 17.0 Å². The van der Waals surface area contributed by atoms with Gasteiger partial charge in [-0.2, -0.15) is 0 Å². The van der Waals surface area contributed by atoms with E-state index in [1.807, 2.05) is 19.1 Å². The summed E-state index contributed by atoms with van der Waals surface area (Å²) < 4.78 is 5.57. The number of hydrogen-bond acceptors (Lipinski definition) is 4. The van der Waals surface area contributed by atoms with E-state index in [9.17, 15) is 4.79 Å². The second-order valence-corrected chi connectivity index (χ2v) is 4.16. The Balaban J connectivity index is 2.19. The fourth-order valence-electron chi connectivity index (χ4n) is 1.84. The van der Waals surface area contributed by atoms with Crippen LogP contribution in [0, 0.1) is 6.92 Å². The molecule has 0 aliphatic carbocycles. The number of oxazole rings is 1. The highest BCUT2D eigenvalue weighted by Gasteiger charge is 2.15. The van der Waals surface area contributed by atoms with E-state index in [4.69, 9.17) is 9.52 Å². The Kier molecular flexibility index (Phi) is 2.52. The van der Waals surface area contributed by atoms with E-state index in [1.165, 1.54) is 6.07 Å². The van der Waals surface area contributed by atoms with Gasteiger partial charge in [-0.3, -0.25) is 4.98 Å². The second kappa shape index (κ2) is 4.20. The van der Waals surface area contributed by atoms with E-state index in [2.05, 4.69) is 9.97 Å². The van der Waals surface area contributed by atoms with Gasteiger partial charge in [0, 0.05) is 11.9 Å².